The van der Waals surface area contributed by atoms with Crippen LogP contribution in [0.4, 0.5) is 9.59 Å². The lowest BCUT2D eigenvalue weighted by atomic mass is 10.1. The van der Waals surface area contributed by atoms with Gasteiger partial charge in [-0.1, -0.05) is 78.6 Å². The Morgan fingerprint density at radius 3 is 1.67 bits per heavy atom. The van der Waals surface area contributed by atoms with Crippen LogP contribution < -0.4 is 0 Å². The third-order valence-electron chi connectivity index (χ3n) is 5.43. The van der Waals surface area contributed by atoms with E-state index in [0.29, 0.717) is 32.6 Å². The van der Waals surface area contributed by atoms with Crippen LogP contribution in [0.5, 0.6) is 0 Å². The smallest absolute Gasteiger partial charge is 0.428 e. The molecular weight excluding hydrogens is 424 g/mol. The highest BCUT2D eigenvalue weighted by molar-refractivity contribution is 5.73. The minimum absolute atomic E-state index is 0.165. The molecule has 2 amide bonds. The second-order valence-corrected chi connectivity index (χ2v) is 8.50. The molecule has 0 aromatic heterocycles. The van der Waals surface area contributed by atoms with Gasteiger partial charge in [0.05, 0.1) is 13.2 Å². The van der Waals surface area contributed by atoms with Crippen molar-refractivity contribution in [2.24, 2.45) is 0 Å². The zero-order valence-electron chi connectivity index (χ0n) is 21.3. The van der Waals surface area contributed by atoms with E-state index in [1.807, 2.05) is 0 Å². The molecule has 0 unspecified atom stereocenters. The van der Waals surface area contributed by atoms with Crippen molar-refractivity contribution in [3.05, 3.63) is 0 Å². The summed E-state index contributed by atoms with van der Waals surface area (Å²) < 4.78 is 10.5. The maximum atomic E-state index is 12.6. The molecular formula is C25H48N2O6. The third kappa shape index (κ3) is 17.2. The molecule has 0 spiro atoms. The van der Waals surface area contributed by atoms with Crippen molar-refractivity contribution in [2.45, 2.75) is 117 Å². The number of amides is 2. The Morgan fingerprint density at radius 2 is 1.09 bits per heavy atom. The van der Waals surface area contributed by atoms with Crippen LogP contribution in [0, 0.1) is 0 Å². The van der Waals surface area contributed by atoms with E-state index in [9.17, 15) is 19.5 Å². The van der Waals surface area contributed by atoms with Crippen molar-refractivity contribution in [3.63, 3.8) is 0 Å². The SMILES string of the molecule is CCCCCCN(C(=O)OCCCCC)N(CCCCCCC(=O)OCCCCC)C(=O)O. The van der Waals surface area contributed by atoms with E-state index in [-0.39, 0.29) is 12.5 Å². The monoisotopic (exact) mass is 472 g/mol. The van der Waals surface area contributed by atoms with Gasteiger partial charge in [-0.3, -0.25) is 4.79 Å². The van der Waals surface area contributed by atoms with Crippen LogP contribution in [-0.2, 0) is 14.3 Å². The van der Waals surface area contributed by atoms with Gasteiger partial charge in [0.25, 0.3) is 0 Å². The zero-order chi connectivity index (χ0) is 24.7. The van der Waals surface area contributed by atoms with Gasteiger partial charge in [-0.25, -0.2) is 19.6 Å². The summed E-state index contributed by atoms with van der Waals surface area (Å²) in [4.78, 5) is 36.2. The van der Waals surface area contributed by atoms with Crippen molar-refractivity contribution in [2.75, 3.05) is 26.3 Å². The normalized spacial score (nSPS) is 10.6. The molecule has 0 saturated heterocycles. The van der Waals surface area contributed by atoms with Gasteiger partial charge in [0, 0.05) is 19.5 Å². The van der Waals surface area contributed by atoms with E-state index in [4.69, 9.17) is 9.47 Å². The summed E-state index contributed by atoms with van der Waals surface area (Å²) in [5.41, 5.74) is 0. The molecule has 0 aliphatic rings. The van der Waals surface area contributed by atoms with Crippen LogP contribution in [0.2, 0.25) is 0 Å². The van der Waals surface area contributed by atoms with Crippen LogP contribution in [-0.4, -0.2) is 59.6 Å². The number of carbonyl (C=O) groups is 3. The molecule has 0 aliphatic carbocycles. The maximum Gasteiger partial charge on any atom is 0.428 e. The summed E-state index contributed by atoms with van der Waals surface area (Å²) in [6.07, 6.45) is 11.2. The van der Waals surface area contributed by atoms with E-state index in [1.165, 1.54) is 5.01 Å². The second-order valence-electron chi connectivity index (χ2n) is 8.50. The first-order chi connectivity index (χ1) is 16.0. The lowest BCUT2D eigenvalue weighted by Gasteiger charge is -2.32. The van der Waals surface area contributed by atoms with Crippen LogP contribution >= 0.6 is 0 Å². The van der Waals surface area contributed by atoms with Crippen molar-refractivity contribution in [3.8, 4) is 0 Å². The van der Waals surface area contributed by atoms with E-state index in [0.717, 1.165) is 88.5 Å². The van der Waals surface area contributed by atoms with Crippen molar-refractivity contribution < 1.29 is 29.0 Å². The minimum atomic E-state index is -1.15. The molecule has 8 nitrogen and oxygen atoms in total. The molecule has 0 fully saturated rings. The maximum absolute atomic E-state index is 12.6. The second kappa shape index (κ2) is 21.8. The van der Waals surface area contributed by atoms with Gasteiger partial charge in [0.2, 0.25) is 0 Å². The summed E-state index contributed by atoms with van der Waals surface area (Å²) in [5, 5.41) is 12.1. The molecule has 0 heterocycles. The average molecular weight is 473 g/mol. The predicted octanol–water partition coefficient (Wildman–Crippen LogP) is 6.77. The van der Waals surface area contributed by atoms with Gasteiger partial charge >= 0.3 is 18.2 Å². The Morgan fingerprint density at radius 1 is 0.606 bits per heavy atom. The summed E-state index contributed by atoms with van der Waals surface area (Å²) >= 11 is 0. The Balaban J connectivity index is 4.47. The van der Waals surface area contributed by atoms with Crippen molar-refractivity contribution in [1.82, 2.24) is 10.0 Å². The number of carbonyl (C=O) groups excluding carboxylic acids is 2. The summed E-state index contributed by atoms with van der Waals surface area (Å²) in [6, 6.07) is 0. The first-order valence-electron chi connectivity index (χ1n) is 13.1. The molecule has 0 atom stereocenters. The van der Waals surface area contributed by atoms with Crippen LogP contribution in [0.1, 0.15) is 117 Å². The molecule has 0 aromatic rings. The Labute approximate surface area is 200 Å². The number of rotatable bonds is 20. The molecule has 0 saturated carbocycles. The number of esters is 1. The molecule has 0 rings (SSSR count). The number of hydrazine groups is 1. The van der Waals surface area contributed by atoms with Crippen molar-refractivity contribution >= 4 is 18.2 Å². The van der Waals surface area contributed by atoms with E-state index in [2.05, 4.69) is 20.8 Å². The first kappa shape index (κ1) is 31.0. The zero-order valence-corrected chi connectivity index (χ0v) is 21.3. The predicted molar refractivity (Wildman–Crippen MR) is 130 cm³/mol. The van der Waals surface area contributed by atoms with Gasteiger partial charge in [0.15, 0.2) is 0 Å². The van der Waals surface area contributed by atoms with E-state index < -0.39 is 12.2 Å². The molecule has 0 bridgehead atoms. The molecule has 33 heavy (non-hydrogen) atoms. The molecule has 1 N–H and O–H groups in total. The lowest BCUT2D eigenvalue weighted by Crippen LogP contribution is -2.50. The highest BCUT2D eigenvalue weighted by atomic mass is 16.6. The topological polar surface area (TPSA) is 96.4 Å². The number of hydrogen-bond donors (Lipinski definition) is 1. The number of ether oxygens (including phenoxy) is 2. The highest BCUT2D eigenvalue weighted by Crippen LogP contribution is 2.12. The number of hydrogen-bond acceptors (Lipinski definition) is 5. The molecule has 0 aliphatic heterocycles. The minimum Gasteiger partial charge on any atom is -0.466 e. The standard InChI is InChI=1S/C25H48N2O6/c1-4-7-10-14-20-27(25(31)33-22-17-9-6-3)26(24(29)30)19-15-12-11-13-18-23(28)32-21-16-8-5-2/h4-22H2,1-3H3,(H,29,30). The molecule has 0 radical (unpaired) electrons. The van der Waals surface area contributed by atoms with Gasteiger partial charge in [-0.05, 0) is 32.1 Å². The largest absolute Gasteiger partial charge is 0.466 e. The lowest BCUT2D eigenvalue weighted by molar-refractivity contribution is -0.143. The van der Waals surface area contributed by atoms with Gasteiger partial charge < -0.3 is 14.6 Å². The Bertz CT molecular complexity index is 515. The molecule has 194 valence electrons. The Kier molecular flexibility index (Phi) is 20.5. The summed E-state index contributed by atoms with van der Waals surface area (Å²) in [7, 11) is 0. The third-order valence-corrected chi connectivity index (χ3v) is 5.43. The van der Waals surface area contributed by atoms with Gasteiger partial charge in [0.1, 0.15) is 0 Å². The first-order valence-corrected chi connectivity index (χ1v) is 13.1. The van der Waals surface area contributed by atoms with Gasteiger partial charge in [-0.15, -0.1) is 0 Å². The van der Waals surface area contributed by atoms with Gasteiger partial charge in [-0.2, -0.15) is 0 Å². The van der Waals surface area contributed by atoms with E-state index >= 15 is 0 Å². The number of carboxylic acid groups (broad SMARTS) is 1. The fourth-order valence-corrected chi connectivity index (χ4v) is 3.40. The van der Waals surface area contributed by atoms with Crippen LogP contribution in [0.3, 0.4) is 0 Å². The van der Waals surface area contributed by atoms with Crippen LogP contribution in [0.15, 0.2) is 0 Å². The highest BCUT2D eigenvalue weighted by Gasteiger charge is 2.26. The molecule has 0 aromatic carbocycles. The van der Waals surface area contributed by atoms with Crippen LogP contribution in [0.25, 0.3) is 0 Å². The summed E-state index contributed by atoms with van der Waals surface area (Å²) in [6.45, 7) is 7.65. The number of unbranched alkanes of at least 4 members (excludes halogenated alkanes) is 10. The quantitative estimate of drug-likeness (QED) is 0.119. The van der Waals surface area contributed by atoms with E-state index in [1.54, 1.807) is 0 Å². The van der Waals surface area contributed by atoms with Crippen molar-refractivity contribution in [1.29, 1.82) is 0 Å². The Hall–Kier alpha value is -1.99. The number of nitrogens with zero attached hydrogens (tertiary/aromatic N) is 2. The fraction of sp³-hybridized carbons (Fsp3) is 0.880. The summed E-state index contributed by atoms with van der Waals surface area (Å²) in [5.74, 6) is -0.165. The molecule has 8 heteroatoms. The average Bonchev–Trinajstić information content (AvgIpc) is 2.79. The fourth-order valence-electron chi connectivity index (χ4n) is 3.40.